The van der Waals surface area contributed by atoms with Crippen molar-refractivity contribution in [2.45, 2.75) is 45.1 Å². The molecule has 0 spiro atoms. The molecule has 0 aliphatic carbocycles. The molecular weight excluding hydrogens is 595 g/mol. The van der Waals surface area contributed by atoms with Gasteiger partial charge in [0.25, 0.3) is 0 Å². The van der Waals surface area contributed by atoms with Gasteiger partial charge in [0.05, 0.1) is 31.0 Å². The zero-order chi connectivity index (χ0) is 30.2. The molecule has 0 unspecified atom stereocenters. The van der Waals surface area contributed by atoms with Crippen molar-refractivity contribution in [2.24, 2.45) is 0 Å². The number of hydrogen-bond donors (Lipinski definition) is 1. The van der Waals surface area contributed by atoms with Gasteiger partial charge in [-0.3, -0.25) is 0 Å². The SMILES string of the molecule is COCCOc1ccc(CCCOC(=O)NS(=O)(=O)N2C[C@@H](C)O[C@@H](C)C2)c(Oc2ncc(C(F)(F)F)cc2Cl)c1. The van der Waals surface area contributed by atoms with E-state index in [1.54, 1.807) is 26.0 Å². The molecule has 0 radical (unpaired) electrons. The van der Waals surface area contributed by atoms with Gasteiger partial charge in [0, 0.05) is 32.5 Å². The maximum atomic E-state index is 13.0. The smallest absolute Gasteiger partial charge is 0.421 e. The summed E-state index contributed by atoms with van der Waals surface area (Å²) in [5, 5.41) is -0.346. The lowest BCUT2D eigenvalue weighted by Gasteiger charge is -2.33. The molecule has 2 aromatic rings. The molecule has 0 bridgehead atoms. The van der Waals surface area contributed by atoms with Crippen LogP contribution in [0.5, 0.6) is 17.4 Å². The maximum Gasteiger partial charge on any atom is 0.421 e. The van der Waals surface area contributed by atoms with E-state index in [0.29, 0.717) is 30.2 Å². The Kier molecular flexibility index (Phi) is 11.4. The highest BCUT2D eigenvalue weighted by atomic mass is 35.5. The Morgan fingerprint density at radius 2 is 1.88 bits per heavy atom. The molecule has 2 atom stereocenters. The molecule has 1 aliphatic heterocycles. The minimum Gasteiger partial charge on any atom is -0.491 e. The number of hydrogen-bond acceptors (Lipinski definition) is 9. The lowest BCUT2D eigenvalue weighted by Crippen LogP contribution is -2.53. The predicted octanol–water partition coefficient (Wildman–Crippen LogP) is 4.58. The Hall–Kier alpha value is -2.85. The predicted molar refractivity (Wildman–Crippen MR) is 141 cm³/mol. The molecule has 1 amide bonds. The molecule has 2 heterocycles. The highest BCUT2D eigenvalue weighted by Gasteiger charge is 2.33. The first-order valence-electron chi connectivity index (χ1n) is 12.5. The number of morpholine rings is 1. The van der Waals surface area contributed by atoms with Gasteiger partial charge in [-0.1, -0.05) is 17.7 Å². The minimum absolute atomic E-state index is 0.0959. The van der Waals surface area contributed by atoms with Crippen molar-refractivity contribution in [2.75, 3.05) is 40.0 Å². The van der Waals surface area contributed by atoms with Crippen molar-refractivity contribution in [3.8, 4) is 17.4 Å². The largest absolute Gasteiger partial charge is 0.491 e. The van der Waals surface area contributed by atoms with Crippen molar-refractivity contribution in [1.29, 1.82) is 0 Å². The molecule has 1 aliphatic rings. The second-order valence-electron chi connectivity index (χ2n) is 9.14. The summed E-state index contributed by atoms with van der Waals surface area (Å²) in [7, 11) is -2.60. The van der Waals surface area contributed by atoms with E-state index in [4.69, 9.17) is 35.3 Å². The van der Waals surface area contributed by atoms with Gasteiger partial charge in [-0.2, -0.15) is 25.9 Å². The quantitative estimate of drug-likeness (QED) is 0.337. The van der Waals surface area contributed by atoms with Gasteiger partial charge in [0.15, 0.2) is 0 Å². The van der Waals surface area contributed by atoms with Gasteiger partial charge in [0.1, 0.15) is 23.1 Å². The van der Waals surface area contributed by atoms with Crippen molar-refractivity contribution in [3.05, 3.63) is 46.6 Å². The van der Waals surface area contributed by atoms with Gasteiger partial charge >= 0.3 is 22.5 Å². The molecule has 1 aromatic carbocycles. The second kappa shape index (κ2) is 14.4. The van der Waals surface area contributed by atoms with Crippen LogP contribution in [0, 0.1) is 0 Å². The number of nitrogens with zero attached hydrogens (tertiary/aromatic N) is 2. The van der Waals surface area contributed by atoms with E-state index in [0.717, 1.165) is 4.31 Å². The molecule has 11 nitrogen and oxygen atoms in total. The van der Waals surface area contributed by atoms with Crippen molar-refractivity contribution < 1.29 is 50.1 Å². The molecule has 0 saturated carbocycles. The van der Waals surface area contributed by atoms with Crippen molar-refractivity contribution in [1.82, 2.24) is 14.0 Å². The number of benzene rings is 1. The summed E-state index contributed by atoms with van der Waals surface area (Å²) in [6.07, 6.45) is -5.26. The van der Waals surface area contributed by atoms with Crippen LogP contribution in [0.4, 0.5) is 18.0 Å². The summed E-state index contributed by atoms with van der Waals surface area (Å²) in [5.41, 5.74) is -0.448. The van der Waals surface area contributed by atoms with Gasteiger partial charge in [-0.25, -0.2) is 14.5 Å². The highest BCUT2D eigenvalue weighted by Crippen LogP contribution is 2.36. The first-order valence-corrected chi connectivity index (χ1v) is 14.4. The van der Waals surface area contributed by atoms with Crippen molar-refractivity contribution >= 4 is 27.9 Å². The van der Waals surface area contributed by atoms with Crippen LogP contribution in [-0.2, 0) is 37.0 Å². The molecule has 1 saturated heterocycles. The van der Waals surface area contributed by atoms with Gasteiger partial charge in [-0.15, -0.1) is 0 Å². The van der Waals surface area contributed by atoms with E-state index in [2.05, 4.69) is 4.98 Å². The monoisotopic (exact) mass is 625 g/mol. The standard InChI is InChI=1S/C25H31ClF3N3O8S/c1-16-14-32(15-17(2)39-16)41(34,35)31-24(33)38-8-4-5-18-6-7-20(37-10-9-36-3)12-22(18)40-23-21(26)11-19(13-30-23)25(27,28)29/h6-7,11-13,16-17H,4-5,8-10,14-15H2,1-3H3,(H,31,33)/t16-,17+. The third-order valence-corrected chi connectivity index (χ3v) is 7.37. The summed E-state index contributed by atoms with van der Waals surface area (Å²) < 4.78 is 93.9. The molecule has 3 rings (SSSR count). The molecule has 228 valence electrons. The normalized spacial score (nSPS) is 18.1. The molecular formula is C25H31ClF3N3O8S. The van der Waals surface area contributed by atoms with E-state index in [1.165, 1.54) is 13.2 Å². The fourth-order valence-electron chi connectivity index (χ4n) is 3.88. The van der Waals surface area contributed by atoms with Gasteiger partial charge < -0.3 is 23.7 Å². The van der Waals surface area contributed by atoms with Gasteiger partial charge in [-0.05, 0) is 44.4 Å². The van der Waals surface area contributed by atoms with Crippen LogP contribution < -0.4 is 14.2 Å². The average Bonchev–Trinajstić information content (AvgIpc) is 2.87. The number of ether oxygens (including phenoxy) is 5. The Morgan fingerprint density at radius 3 is 2.51 bits per heavy atom. The lowest BCUT2D eigenvalue weighted by molar-refractivity contribution is -0.137. The van der Waals surface area contributed by atoms with Gasteiger partial charge in [0.2, 0.25) is 5.88 Å². The molecule has 16 heteroatoms. The van der Waals surface area contributed by atoms with Crippen LogP contribution in [0.3, 0.4) is 0 Å². The number of alkyl halides is 3. The number of carbonyl (C=O) groups excluding carboxylic acids is 1. The number of methoxy groups -OCH3 is 1. The van der Waals surface area contributed by atoms with Crippen LogP contribution in [-0.4, -0.2) is 76.0 Å². The number of pyridine rings is 1. The Labute approximate surface area is 241 Å². The van der Waals surface area contributed by atoms with Crippen molar-refractivity contribution in [3.63, 3.8) is 0 Å². The third-order valence-electron chi connectivity index (χ3n) is 5.70. The van der Waals surface area contributed by atoms with E-state index in [9.17, 15) is 26.4 Å². The Bertz CT molecular complexity index is 1290. The van der Waals surface area contributed by atoms with Crippen LogP contribution in [0.2, 0.25) is 5.02 Å². The molecule has 41 heavy (non-hydrogen) atoms. The molecule has 1 fully saturated rings. The number of aryl methyl sites for hydroxylation is 1. The zero-order valence-electron chi connectivity index (χ0n) is 22.6. The van der Waals surface area contributed by atoms with E-state index in [-0.39, 0.29) is 68.0 Å². The number of aromatic nitrogens is 1. The minimum atomic E-state index is -4.62. The summed E-state index contributed by atoms with van der Waals surface area (Å²) in [6.45, 7) is 4.08. The number of nitrogens with one attached hydrogen (secondary N) is 1. The Morgan fingerprint density at radius 1 is 1.17 bits per heavy atom. The van der Waals surface area contributed by atoms with E-state index in [1.807, 2.05) is 4.72 Å². The first kappa shape index (κ1) is 32.7. The van der Waals surface area contributed by atoms with Crippen LogP contribution in [0.15, 0.2) is 30.5 Å². The topological polar surface area (TPSA) is 126 Å². The molecule has 1 N–H and O–H groups in total. The van der Waals surface area contributed by atoms with Crippen LogP contribution in [0.25, 0.3) is 0 Å². The maximum absolute atomic E-state index is 13.0. The van der Waals surface area contributed by atoms with E-state index < -0.39 is 28.0 Å². The Balaban J connectivity index is 1.63. The molecule has 1 aromatic heterocycles. The first-order chi connectivity index (χ1) is 19.3. The zero-order valence-corrected chi connectivity index (χ0v) is 24.1. The number of amides is 1. The summed E-state index contributed by atoms with van der Waals surface area (Å²) in [6, 6.07) is 5.55. The fraction of sp³-hybridized carbons (Fsp3) is 0.520. The van der Waals surface area contributed by atoms with Crippen LogP contribution >= 0.6 is 11.6 Å². The number of carbonyl (C=O) groups is 1. The average molecular weight is 626 g/mol. The second-order valence-corrected chi connectivity index (χ2v) is 11.2. The summed E-state index contributed by atoms with van der Waals surface area (Å²) in [5.74, 6) is 0.357. The lowest BCUT2D eigenvalue weighted by atomic mass is 10.1. The highest BCUT2D eigenvalue weighted by molar-refractivity contribution is 7.87. The number of rotatable bonds is 12. The third kappa shape index (κ3) is 9.88. The number of halogens is 4. The fourth-order valence-corrected chi connectivity index (χ4v) is 5.30. The van der Waals surface area contributed by atoms with E-state index >= 15 is 0 Å². The summed E-state index contributed by atoms with van der Waals surface area (Å²) in [4.78, 5) is 15.9. The van der Waals surface area contributed by atoms with Crippen LogP contribution in [0.1, 0.15) is 31.4 Å². The summed E-state index contributed by atoms with van der Waals surface area (Å²) >= 11 is 6.01.